The maximum Gasteiger partial charge on any atom is 0.139 e. The smallest absolute Gasteiger partial charge is 0.139 e. The molecule has 0 amide bonds. The highest BCUT2D eigenvalue weighted by Crippen LogP contribution is 2.39. The van der Waals surface area contributed by atoms with Gasteiger partial charge in [-0.05, 0) is 57.5 Å². The standard InChI is InChI=1S/C34H39B10N/c1-34(2,3)19-9-6-8-18-17-7-4-5-10-20(17)45(33(18)19)16-12-14(21-23(35)27(39)31(43)28(40)24(21)36)11-15(13-16)22-25(37)29(41)32(44)30(42)26(22)38/h4-13H,35-44H2,1-3H3. The van der Waals surface area contributed by atoms with Crippen molar-refractivity contribution >= 4 is 155 Å². The fourth-order valence-corrected chi connectivity index (χ4v) is 7.79. The predicted octanol–water partition coefficient (Wildman–Crippen LogP) is -8.00. The van der Waals surface area contributed by atoms with E-state index >= 15 is 0 Å². The van der Waals surface area contributed by atoms with Gasteiger partial charge in [-0.1, -0.05) is 79.0 Å². The van der Waals surface area contributed by atoms with Gasteiger partial charge in [0.15, 0.2) is 0 Å². The lowest BCUT2D eigenvalue weighted by Crippen LogP contribution is -2.55. The van der Waals surface area contributed by atoms with Gasteiger partial charge in [0.05, 0.1) is 11.0 Å². The van der Waals surface area contributed by atoms with E-state index in [0.717, 1.165) is 0 Å². The second-order valence-electron chi connectivity index (χ2n) is 14.6. The lowest BCUT2D eigenvalue weighted by Gasteiger charge is -2.25. The van der Waals surface area contributed by atoms with Crippen LogP contribution in [-0.4, -0.2) is 83.0 Å². The van der Waals surface area contributed by atoms with Crippen molar-refractivity contribution in [3.8, 4) is 27.9 Å². The van der Waals surface area contributed by atoms with E-state index in [-0.39, 0.29) is 5.41 Å². The molecule has 5 aromatic carbocycles. The second kappa shape index (κ2) is 11.1. The average Bonchev–Trinajstić information content (AvgIpc) is 3.35. The zero-order valence-corrected chi connectivity index (χ0v) is 29.7. The third-order valence-electron chi connectivity index (χ3n) is 11.3. The van der Waals surface area contributed by atoms with Crippen LogP contribution in [0.4, 0.5) is 0 Å². The van der Waals surface area contributed by atoms with E-state index in [9.17, 15) is 0 Å². The number of aromatic nitrogens is 1. The summed E-state index contributed by atoms with van der Waals surface area (Å²) in [5.41, 5.74) is 24.3. The first kappa shape index (κ1) is 31.5. The molecule has 1 nitrogen and oxygen atoms in total. The van der Waals surface area contributed by atoms with Crippen LogP contribution in [0.2, 0.25) is 0 Å². The molecule has 0 spiro atoms. The van der Waals surface area contributed by atoms with Crippen LogP contribution in [0.25, 0.3) is 49.7 Å². The van der Waals surface area contributed by atoms with Gasteiger partial charge in [-0.2, -0.15) is 0 Å². The maximum absolute atomic E-state index is 2.55. The number of hydrogen-bond donors (Lipinski definition) is 0. The molecular weight excluding hydrogens is 531 g/mol. The van der Waals surface area contributed by atoms with Crippen LogP contribution in [-0.2, 0) is 5.41 Å². The highest BCUT2D eigenvalue weighted by Gasteiger charge is 2.24. The zero-order valence-electron chi connectivity index (χ0n) is 29.7. The molecule has 0 aliphatic carbocycles. The maximum atomic E-state index is 2.55. The van der Waals surface area contributed by atoms with Crippen LogP contribution >= 0.6 is 0 Å². The number of nitrogens with zero attached hydrogens (tertiary/aromatic N) is 1. The van der Waals surface area contributed by atoms with Crippen molar-refractivity contribution in [2.24, 2.45) is 0 Å². The molecule has 0 fully saturated rings. The molecule has 0 saturated heterocycles. The minimum absolute atomic E-state index is 0.0111. The van der Waals surface area contributed by atoms with Crippen molar-refractivity contribution in [2.75, 3.05) is 0 Å². The molecule has 0 bridgehead atoms. The van der Waals surface area contributed by atoms with Crippen LogP contribution in [0.5, 0.6) is 0 Å². The molecule has 11 heteroatoms. The Labute approximate surface area is 278 Å². The van der Waals surface area contributed by atoms with E-state index in [1.54, 1.807) is 0 Å². The summed E-state index contributed by atoms with van der Waals surface area (Å²) in [7, 11) is 22.9. The Bertz CT molecular complexity index is 2060. The predicted molar refractivity (Wildman–Crippen MR) is 232 cm³/mol. The summed E-state index contributed by atoms with van der Waals surface area (Å²) < 4.78 is 2.55. The SMILES string of the molecule is Bc1c(B)c(B)c(-c2cc(-c3c(B)c(B)c(B)c(B)c3B)cc(-n3c4ccccc4c4cccc(C(C)(C)C)c43)c2)c(B)c1B. The molecule has 0 unspecified atom stereocenters. The van der Waals surface area contributed by atoms with Gasteiger partial charge in [0.25, 0.3) is 0 Å². The molecule has 0 radical (unpaired) electrons. The van der Waals surface area contributed by atoms with Crippen molar-refractivity contribution in [1.82, 2.24) is 4.57 Å². The van der Waals surface area contributed by atoms with Gasteiger partial charge in [0, 0.05) is 16.5 Å². The zero-order chi connectivity index (χ0) is 32.7. The molecule has 1 aromatic heterocycles. The van der Waals surface area contributed by atoms with Crippen molar-refractivity contribution < 1.29 is 0 Å². The molecule has 210 valence electrons. The van der Waals surface area contributed by atoms with Crippen molar-refractivity contribution in [3.63, 3.8) is 0 Å². The third-order valence-corrected chi connectivity index (χ3v) is 11.3. The van der Waals surface area contributed by atoms with Crippen LogP contribution in [0, 0.1) is 0 Å². The highest BCUT2D eigenvalue weighted by atomic mass is 15.0. The van der Waals surface area contributed by atoms with Crippen LogP contribution in [0.3, 0.4) is 0 Å². The van der Waals surface area contributed by atoms with Gasteiger partial charge in [-0.25, -0.2) is 0 Å². The van der Waals surface area contributed by atoms with Crippen molar-refractivity contribution in [2.45, 2.75) is 26.2 Å². The first-order valence-corrected chi connectivity index (χ1v) is 16.5. The van der Waals surface area contributed by atoms with Gasteiger partial charge in [-0.15, -0.1) is 32.8 Å². The molecule has 45 heavy (non-hydrogen) atoms. The fraction of sp³-hybridized carbons (Fsp3) is 0.118. The second-order valence-corrected chi connectivity index (χ2v) is 14.6. The molecule has 0 saturated carbocycles. The van der Waals surface area contributed by atoms with Crippen LogP contribution < -0.4 is 54.6 Å². The highest BCUT2D eigenvalue weighted by molar-refractivity contribution is 6.70. The third kappa shape index (κ3) is 4.84. The largest absolute Gasteiger partial charge is 0.309 e. The van der Waals surface area contributed by atoms with E-state index in [4.69, 9.17) is 0 Å². The minimum atomic E-state index is -0.0111. The Hall–Kier alpha value is -3.45. The van der Waals surface area contributed by atoms with Gasteiger partial charge in [0.2, 0.25) is 0 Å². The molecule has 6 rings (SSSR count). The van der Waals surface area contributed by atoms with Crippen LogP contribution in [0.15, 0.2) is 60.7 Å². The van der Waals surface area contributed by atoms with Gasteiger partial charge in [0.1, 0.15) is 78.5 Å². The summed E-state index contributed by atoms with van der Waals surface area (Å²) in [6.45, 7) is 7.00. The van der Waals surface area contributed by atoms with E-state index in [2.05, 4.69) is 164 Å². The van der Waals surface area contributed by atoms with E-state index in [0.29, 0.717) is 0 Å². The Morgan fingerprint density at radius 3 is 1.36 bits per heavy atom. The van der Waals surface area contributed by atoms with Crippen LogP contribution in [0.1, 0.15) is 26.3 Å². The van der Waals surface area contributed by atoms with E-state index < -0.39 is 0 Å². The summed E-state index contributed by atoms with van der Waals surface area (Å²) in [5, 5.41) is 2.61. The first-order valence-electron chi connectivity index (χ1n) is 16.5. The minimum Gasteiger partial charge on any atom is -0.309 e. The normalized spacial score (nSPS) is 11.9. The fourth-order valence-electron chi connectivity index (χ4n) is 7.79. The molecular formula is C34H39B10N. The quantitative estimate of drug-likeness (QED) is 0.187. The first-order chi connectivity index (χ1) is 21.1. The van der Waals surface area contributed by atoms with E-state index in [1.807, 2.05) is 0 Å². The number of rotatable bonds is 3. The molecule has 6 aromatic rings. The topological polar surface area (TPSA) is 4.93 Å². The lowest BCUT2D eigenvalue weighted by atomic mass is 9.59. The summed E-state index contributed by atoms with van der Waals surface area (Å²) in [6.07, 6.45) is 0. The summed E-state index contributed by atoms with van der Waals surface area (Å²) in [5.74, 6) is 0. The van der Waals surface area contributed by atoms with Gasteiger partial charge in [-0.3, -0.25) is 0 Å². The van der Waals surface area contributed by atoms with Gasteiger partial charge >= 0.3 is 0 Å². The Kier molecular flexibility index (Phi) is 7.79. The Balaban J connectivity index is 1.83. The summed E-state index contributed by atoms with van der Waals surface area (Å²) >= 11 is 0. The van der Waals surface area contributed by atoms with Crippen molar-refractivity contribution in [1.29, 1.82) is 0 Å². The monoisotopic (exact) mass is 571 g/mol. The van der Waals surface area contributed by atoms with E-state index in [1.165, 1.54) is 110 Å². The molecule has 0 aliphatic heterocycles. The number of fused-ring (bicyclic) bond motifs is 3. The molecule has 0 aliphatic rings. The summed E-state index contributed by atoms with van der Waals surface area (Å²) in [6, 6.07) is 23.2. The number of hydrogen-bond acceptors (Lipinski definition) is 0. The van der Waals surface area contributed by atoms with Crippen molar-refractivity contribution in [3.05, 3.63) is 66.2 Å². The lowest BCUT2D eigenvalue weighted by molar-refractivity contribution is 0.594. The number of para-hydroxylation sites is 2. The van der Waals surface area contributed by atoms with Gasteiger partial charge < -0.3 is 4.57 Å². The average molecular weight is 570 g/mol. The molecule has 0 atom stereocenters. The Morgan fingerprint density at radius 2 is 0.889 bits per heavy atom. The molecule has 1 heterocycles. The Morgan fingerprint density at radius 1 is 0.467 bits per heavy atom. The summed E-state index contributed by atoms with van der Waals surface area (Å²) in [4.78, 5) is 0. The number of benzene rings is 5. The molecule has 0 N–H and O–H groups in total.